The lowest BCUT2D eigenvalue weighted by atomic mass is 10.2. The van der Waals surface area contributed by atoms with E-state index in [9.17, 15) is 13.2 Å². The maximum absolute atomic E-state index is 12.1. The van der Waals surface area contributed by atoms with Gasteiger partial charge in [-0.15, -0.1) is 0 Å². The Kier molecular flexibility index (Phi) is 6.80. The van der Waals surface area contributed by atoms with Crippen molar-refractivity contribution >= 4 is 15.9 Å². The number of aliphatic hydroxyl groups is 1. The Balaban J connectivity index is 2.68. The van der Waals surface area contributed by atoms with Crippen LogP contribution in [0.25, 0.3) is 0 Å². The zero-order valence-corrected chi connectivity index (χ0v) is 13.1. The van der Waals surface area contributed by atoms with E-state index in [1.54, 1.807) is 19.1 Å². The van der Waals surface area contributed by atoms with Gasteiger partial charge in [0, 0.05) is 26.1 Å². The maximum atomic E-state index is 12.1. The van der Waals surface area contributed by atoms with Crippen molar-refractivity contribution in [3.63, 3.8) is 0 Å². The molecule has 0 saturated carbocycles. The number of rotatable bonds is 8. The first-order chi connectivity index (χ1) is 9.85. The Hall–Kier alpha value is -1.44. The van der Waals surface area contributed by atoms with Crippen LogP contribution >= 0.6 is 0 Å². The van der Waals surface area contributed by atoms with Gasteiger partial charge in [-0.1, -0.05) is 12.1 Å². The molecule has 1 amide bonds. The Morgan fingerprint density at radius 3 is 2.43 bits per heavy atom. The molecule has 0 aromatic heterocycles. The number of hydrogen-bond acceptors (Lipinski definition) is 4. The molecule has 0 bridgehead atoms. The average molecular weight is 314 g/mol. The minimum Gasteiger partial charge on any atom is -0.396 e. The molecule has 7 heteroatoms. The highest BCUT2D eigenvalue weighted by Crippen LogP contribution is 2.12. The SMILES string of the molecule is CC(=O)NCc1ccc(S(=O)(=O)NC(C)CCCO)cc1. The van der Waals surface area contributed by atoms with Crippen LogP contribution < -0.4 is 10.0 Å². The van der Waals surface area contributed by atoms with Gasteiger partial charge in [0.25, 0.3) is 0 Å². The largest absolute Gasteiger partial charge is 0.396 e. The summed E-state index contributed by atoms with van der Waals surface area (Å²) >= 11 is 0. The van der Waals surface area contributed by atoms with E-state index in [4.69, 9.17) is 5.11 Å². The Bertz CT molecular complexity index is 555. The van der Waals surface area contributed by atoms with Gasteiger partial charge in [-0.25, -0.2) is 13.1 Å². The number of nitrogens with one attached hydrogen (secondary N) is 2. The number of aliphatic hydroxyl groups excluding tert-OH is 1. The first kappa shape index (κ1) is 17.6. The maximum Gasteiger partial charge on any atom is 0.240 e. The van der Waals surface area contributed by atoms with Crippen LogP contribution in [0, 0.1) is 0 Å². The average Bonchev–Trinajstić information content (AvgIpc) is 2.43. The summed E-state index contributed by atoms with van der Waals surface area (Å²) in [6.45, 7) is 3.61. The van der Waals surface area contributed by atoms with Crippen LogP contribution in [0.2, 0.25) is 0 Å². The molecule has 6 nitrogen and oxygen atoms in total. The fraction of sp³-hybridized carbons (Fsp3) is 0.500. The second-order valence-electron chi connectivity index (χ2n) is 4.94. The van der Waals surface area contributed by atoms with Gasteiger partial charge in [-0.2, -0.15) is 0 Å². The van der Waals surface area contributed by atoms with Crippen LogP contribution in [-0.4, -0.2) is 32.1 Å². The number of carbonyl (C=O) groups is 1. The number of benzene rings is 1. The molecule has 0 aliphatic carbocycles. The Morgan fingerprint density at radius 1 is 1.29 bits per heavy atom. The van der Waals surface area contributed by atoms with Gasteiger partial charge >= 0.3 is 0 Å². The van der Waals surface area contributed by atoms with Crippen molar-refractivity contribution in [2.24, 2.45) is 0 Å². The highest BCUT2D eigenvalue weighted by molar-refractivity contribution is 7.89. The van der Waals surface area contributed by atoms with Crippen LogP contribution in [0.15, 0.2) is 29.2 Å². The molecule has 0 heterocycles. The van der Waals surface area contributed by atoms with Crippen molar-refractivity contribution in [1.82, 2.24) is 10.0 Å². The van der Waals surface area contributed by atoms with E-state index in [2.05, 4.69) is 10.0 Å². The van der Waals surface area contributed by atoms with E-state index in [1.165, 1.54) is 19.1 Å². The summed E-state index contributed by atoms with van der Waals surface area (Å²) in [5.41, 5.74) is 0.831. The summed E-state index contributed by atoms with van der Waals surface area (Å²) in [5.74, 6) is -0.133. The number of carbonyl (C=O) groups excluding carboxylic acids is 1. The standard InChI is InChI=1S/C14H22N2O4S/c1-11(4-3-9-17)16-21(19,20)14-7-5-13(6-8-14)10-15-12(2)18/h5-8,11,16-17H,3-4,9-10H2,1-2H3,(H,15,18). The Morgan fingerprint density at radius 2 is 1.90 bits per heavy atom. The highest BCUT2D eigenvalue weighted by Gasteiger charge is 2.16. The van der Waals surface area contributed by atoms with Gasteiger partial charge in [-0.05, 0) is 37.5 Å². The van der Waals surface area contributed by atoms with Gasteiger partial charge in [0.2, 0.25) is 15.9 Å². The molecule has 3 N–H and O–H groups in total. The third kappa shape index (κ3) is 6.24. The molecule has 0 spiro atoms. The van der Waals surface area contributed by atoms with Crippen molar-refractivity contribution in [1.29, 1.82) is 0 Å². The highest BCUT2D eigenvalue weighted by atomic mass is 32.2. The zero-order chi connectivity index (χ0) is 15.9. The van der Waals surface area contributed by atoms with Crippen LogP contribution in [0.3, 0.4) is 0 Å². The predicted octanol–water partition coefficient (Wildman–Crippen LogP) is 0.762. The zero-order valence-electron chi connectivity index (χ0n) is 12.3. The van der Waals surface area contributed by atoms with Crippen molar-refractivity contribution < 1.29 is 18.3 Å². The first-order valence-corrected chi connectivity index (χ1v) is 8.30. The molecule has 1 aromatic carbocycles. The summed E-state index contributed by atoms with van der Waals surface area (Å²) in [6.07, 6.45) is 1.13. The smallest absolute Gasteiger partial charge is 0.240 e. The molecular formula is C14H22N2O4S. The minimum atomic E-state index is -3.56. The van der Waals surface area contributed by atoms with Gasteiger partial charge in [0.1, 0.15) is 0 Å². The second-order valence-corrected chi connectivity index (χ2v) is 6.66. The van der Waals surface area contributed by atoms with E-state index >= 15 is 0 Å². The van der Waals surface area contributed by atoms with Crippen LogP contribution in [0.5, 0.6) is 0 Å². The molecule has 1 atom stereocenters. The number of hydrogen-bond donors (Lipinski definition) is 3. The van der Waals surface area contributed by atoms with Crippen molar-refractivity contribution in [3.8, 4) is 0 Å². The third-order valence-electron chi connectivity index (χ3n) is 2.93. The van der Waals surface area contributed by atoms with Crippen LogP contribution in [0.4, 0.5) is 0 Å². The summed E-state index contributed by atoms with van der Waals surface area (Å²) in [7, 11) is -3.56. The van der Waals surface area contributed by atoms with E-state index in [-0.39, 0.29) is 23.5 Å². The minimum absolute atomic E-state index is 0.0455. The van der Waals surface area contributed by atoms with E-state index in [0.29, 0.717) is 19.4 Å². The number of amides is 1. The molecular weight excluding hydrogens is 292 g/mol. The van der Waals surface area contributed by atoms with E-state index in [0.717, 1.165) is 5.56 Å². The summed E-state index contributed by atoms with van der Waals surface area (Å²) in [4.78, 5) is 11.0. The lowest BCUT2D eigenvalue weighted by Crippen LogP contribution is -2.32. The molecule has 1 aromatic rings. The monoisotopic (exact) mass is 314 g/mol. The molecule has 0 aliphatic rings. The fourth-order valence-electron chi connectivity index (χ4n) is 1.80. The third-order valence-corrected chi connectivity index (χ3v) is 4.53. The van der Waals surface area contributed by atoms with Gasteiger partial charge < -0.3 is 10.4 Å². The molecule has 1 unspecified atom stereocenters. The molecule has 118 valence electrons. The van der Waals surface area contributed by atoms with Crippen molar-refractivity contribution in [2.45, 2.75) is 44.2 Å². The van der Waals surface area contributed by atoms with Crippen LogP contribution in [-0.2, 0) is 21.4 Å². The number of sulfonamides is 1. The lowest BCUT2D eigenvalue weighted by molar-refractivity contribution is -0.119. The summed E-state index contributed by atoms with van der Waals surface area (Å²) in [5, 5.41) is 11.4. The molecule has 0 radical (unpaired) electrons. The first-order valence-electron chi connectivity index (χ1n) is 6.81. The van der Waals surface area contributed by atoms with Crippen molar-refractivity contribution in [2.75, 3.05) is 6.61 Å². The summed E-state index contributed by atoms with van der Waals surface area (Å²) in [6, 6.07) is 6.13. The predicted molar refractivity (Wildman–Crippen MR) is 80.1 cm³/mol. The summed E-state index contributed by atoms with van der Waals surface area (Å²) < 4.78 is 26.8. The normalized spacial score (nSPS) is 12.9. The molecule has 21 heavy (non-hydrogen) atoms. The van der Waals surface area contributed by atoms with Crippen LogP contribution in [0.1, 0.15) is 32.3 Å². The van der Waals surface area contributed by atoms with Gasteiger partial charge in [0.05, 0.1) is 4.90 Å². The molecule has 0 aliphatic heterocycles. The van der Waals surface area contributed by atoms with Crippen molar-refractivity contribution in [3.05, 3.63) is 29.8 Å². The van der Waals surface area contributed by atoms with Gasteiger partial charge in [0.15, 0.2) is 0 Å². The van der Waals surface area contributed by atoms with Gasteiger partial charge in [-0.3, -0.25) is 4.79 Å². The topological polar surface area (TPSA) is 95.5 Å². The fourth-order valence-corrected chi connectivity index (χ4v) is 3.08. The molecule has 0 fully saturated rings. The molecule has 1 rings (SSSR count). The molecule has 0 saturated heterocycles. The second kappa shape index (κ2) is 8.11. The Labute approximate surface area is 125 Å². The van der Waals surface area contributed by atoms with E-state index in [1.807, 2.05) is 0 Å². The lowest BCUT2D eigenvalue weighted by Gasteiger charge is -2.14. The quantitative estimate of drug-likeness (QED) is 0.660. The van der Waals surface area contributed by atoms with E-state index < -0.39 is 10.0 Å².